The van der Waals surface area contributed by atoms with Crippen molar-refractivity contribution in [3.05, 3.63) is 53.9 Å². The van der Waals surface area contributed by atoms with Crippen LogP contribution in [-0.4, -0.2) is 77.8 Å². The Bertz CT molecular complexity index is 1650. The van der Waals surface area contributed by atoms with Crippen LogP contribution in [0.5, 0.6) is 17.2 Å². The Labute approximate surface area is 265 Å². The van der Waals surface area contributed by atoms with Gasteiger partial charge in [-0.05, 0) is 44.4 Å². The van der Waals surface area contributed by atoms with Gasteiger partial charge in [-0.25, -0.2) is 4.98 Å². The van der Waals surface area contributed by atoms with Gasteiger partial charge in [0.25, 0.3) is 0 Å². The number of carbonyl (C=O) groups is 1. The number of anilines is 3. The number of halogens is 3. The van der Waals surface area contributed by atoms with Gasteiger partial charge in [0, 0.05) is 44.0 Å². The minimum Gasteiger partial charge on any atom is -0.493 e. The first-order valence-corrected chi connectivity index (χ1v) is 15.1. The van der Waals surface area contributed by atoms with Crippen molar-refractivity contribution in [1.29, 1.82) is 0 Å². The van der Waals surface area contributed by atoms with Crippen LogP contribution in [0.15, 0.2) is 42.7 Å². The van der Waals surface area contributed by atoms with E-state index in [-0.39, 0.29) is 18.4 Å². The first-order valence-electron chi connectivity index (χ1n) is 15.1. The number of fused-ring (bicyclic) bond motifs is 1. The molecule has 0 saturated carbocycles. The Kier molecular flexibility index (Phi) is 9.73. The second-order valence-corrected chi connectivity index (χ2v) is 10.9. The topological polar surface area (TPSA) is 107 Å². The van der Waals surface area contributed by atoms with E-state index in [0.717, 1.165) is 25.0 Å². The van der Waals surface area contributed by atoms with Gasteiger partial charge in [0.05, 0.1) is 45.7 Å². The fourth-order valence-electron chi connectivity index (χ4n) is 5.72. The molecule has 0 aliphatic carbocycles. The zero-order valence-electron chi connectivity index (χ0n) is 26.5. The molecular formula is C32H38F3N7O4. The summed E-state index contributed by atoms with van der Waals surface area (Å²) < 4.78 is 57.8. The maximum absolute atomic E-state index is 13.3. The number of hydrogen-bond donors (Lipinski definition) is 1. The number of alkyl halides is 3. The average Bonchev–Trinajstić information content (AvgIpc) is 3.47. The van der Waals surface area contributed by atoms with Crippen molar-refractivity contribution in [2.24, 2.45) is 5.92 Å². The van der Waals surface area contributed by atoms with E-state index in [1.807, 2.05) is 23.6 Å². The summed E-state index contributed by atoms with van der Waals surface area (Å²) in [6, 6.07) is 8.50. The van der Waals surface area contributed by atoms with Crippen LogP contribution in [0.3, 0.4) is 0 Å². The highest BCUT2D eigenvalue weighted by Crippen LogP contribution is 2.41. The molecule has 14 heteroatoms. The monoisotopic (exact) mass is 641 g/mol. The molecular weight excluding hydrogens is 603 g/mol. The smallest absolute Gasteiger partial charge is 0.416 e. The van der Waals surface area contributed by atoms with Crippen LogP contribution in [0.1, 0.15) is 37.8 Å². The summed E-state index contributed by atoms with van der Waals surface area (Å²) in [4.78, 5) is 31.5. The zero-order chi connectivity index (χ0) is 33.0. The lowest BCUT2D eigenvalue weighted by Crippen LogP contribution is -2.45. The Morgan fingerprint density at radius 3 is 2.28 bits per heavy atom. The molecule has 1 atom stereocenters. The summed E-state index contributed by atoms with van der Waals surface area (Å²) in [7, 11) is 4.57. The van der Waals surface area contributed by atoms with E-state index in [1.165, 1.54) is 33.5 Å². The number of carbonyl (C=O) groups excluding carboxylic acids is 1. The largest absolute Gasteiger partial charge is 0.493 e. The van der Waals surface area contributed by atoms with Crippen LogP contribution < -0.4 is 24.4 Å². The van der Waals surface area contributed by atoms with Crippen molar-refractivity contribution in [2.45, 2.75) is 39.4 Å². The number of hydrogen-bond acceptors (Lipinski definition) is 9. The highest BCUT2D eigenvalue weighted by Gasteiger charge is 2.31. The maximum atomic E-state index is 13.3. The fourth-order valence-corrected chi connectivity index (χ4v) is 5.72. The number of benzene rings is 2. The third-order valence-corrected chi connectivity index (χ3v) is 8.14. The van der Waals surface area contributed by atoms with Gasteiger partial charge in [-0.1, -0.05) is 12.1 Å². The van der Waals surface area contributed by atoms with Crippen LogP contribution in [0, 0.1) is 5.92 Å². The standard InChI is InChI=1S/C32H38F3N7O4/c1-6-40(7-2)30(43)21-9-8-14-41(18-21)31-38-28(37-23-15-24(44-3)27(46-5)25(16-23)45-4)26-29(39-31)42(19-36-26)17-20-10-12-22(13-11-20)32(33,34)35/h10-13,15-16,19,21H,6-9,14,17-18H2,1-5H3,(H,37,38,39). The molecule has 2 aromatic heterocycles. The maximum Gasteiger partial charge on any atom is 0.416 e. The van der Waals surface area contributed by atoms with E-state index in [4.69, 9.17) is 24.2 Å². The van der Waals surface area contributed by atoms with Gasteiger partial charge >= 0.3 is 6.18 Å². The molecule has 1 unspecified atom stereocenters. The van der Waals surface area contributed by atoms with Crippen LogP contribution >= 0.6 is 0 Å². The van der Waals surface area contributed by atoms with Gasteiger partial charge in [-0.15, -0.1) is 0 Å². The molecule has 1 N–H and O–H groups in total. The Hall–Kier alpha value is -4.75. The Morgan fingerprint density at radius 1 is 1.02 bits per heavy atom. The summed E-state index contributed by atoms with van der Waals surface area (Å²) in [5.41, 5.74) is 1.46. The fraction of sp³-hybridized carbons (Fsp3) is 0.438. The lowest BCUT2D eigenvalue weighted by molar-refractivity contribution is -0.137. The predicted molar refractivity (Wildman–Crippen MR) is 168 cm³/mol. The summed E-state index contributed by atoms with van der Waals surface area (Å²) >= 11 is 0. The van der Waals surface area contributed by atoms with E-state index < -0.39 is 11.7 Å². The quantitative estimate of drug-likeness (QED) is 0.219. The molecule has 1 aliphatic rings. The lowest BCUT2D eigenvalue weighted by Gasteiger charge is -2.34. The van der Waals surface area contributed by atoms with E-state index in [1.54, 1.807) is 23.0 Å². The number of ether oxygens (including phenoxy) is 3. The first-order chi connectivity index (χ1) is 22.1. The number of rotatable bonds is 11. The molecule has 11 nitrogen and oxygen atoms in total. The van der Waals surface area contributed by atoms with Crippen molar-refractivity contribution in [3.63, 3.8) is 0 Å². The summed E-state index contributed by atoms with van der Waals surface area (Å²) in [5, 5.41) is 3.33. The number of amides is 1. The van der Waals surface area contributed by atoms with E-state index >= 15 is 0 Å². The van der Waals surface area contributed by atoms with Crippen molar-refractivity contribution >= 4 is 34.5 Å². The predicted octanol–water partition coefficient (Wildman–Crippen LogP) is 5.75. The van der Waals surface area contributed by atoms with Gasteiger partial charge in [0.2, 0.25) is 17.6 Å². The van der Waals surface area contributed by atoms with Gasteiger partial charge in [0.1, 0.15) is 0 Å². The normalized spacial score (nSPS) is 15.1. The molecule has 1 saturated heterocycles. The van der Waals surface area contributed by atoms with Crippen LogP contribution in [0.4, 0.5) is 30.6 Å². The van der Waals surface area contributed by atoms with Crippen LogP contribution in [0.25, 0.3) is 11.2 Å². The zero-order valence-corrected chi connectivity index (χ0v) is 26.5. The molecule has 0 bridgehead atoms. The van der Waals surface area contributed by atoms with Gasteiger partial charge in [0.15, 0.2) is 28.5 Å². The Balaban J connectivity index is 1.55. The lowest BCUT2D eigenvalue weighted by atomic mass is 9.96. The molecule has 0 radical (unpaired) electrons. The number of nitrogens with zero attached hydrogens (tertiary/aromatic N) is 6. The molecule has 46 heavy (non-hydrogen) atoms. The van der Waals surface area contributed by atoms with E-state index in [9.17, 15) is 18.0 Å². The van der Waals surface area contributed by atoms with Crippen molar-refractivity contribution in [2.75, 3.05) is 57.7 Å². The van der Waals surface area contributed by atoms with Crippen molar-refractivity contribution < 1.29 is 32.2 Å². The second kappa shape index (κ2) is 13.7. The number of methoxy groups -OCH3 is 3. The summed E-state index contributed by atoms with van der Waals surface area (Å²) in [5.74, 6) is 2.04. The highest BCUT2D eigenvalue weighted by atomic mass is 19.4. The molecule has 2 aromatic carbocycles. The molecule has 3 heterocycles. The second-order valence-electron chi connectivity index (χ2n) is 10.9. The minimum atomic E-state index is -4.42. The number of aromatic nitrogens is 4. The minimum absolute atomic E-state index is 0.110. The third-order valence-electron chi connectivity index (χ3n) is 8.14. The third kappa shape index (κ3) is 6.75. The molecule has 5 rings (SSSR count). The Morgan fingerprint density at radius 2 is 1.70 bits per heavy atom. The molecule has 1 fully saturated rings. The number of imidazole rings is 1. The van der Waals surface area contributed by atoms with Gasteiger partial charge in [-0.3, -0.25) is 4.79 Å². The summed E-state index contributed by atoms with van der Waals surface area (Å²) in [6.45, 7) is 6.57. The highest BCUT2D eigenvalue weighted by molar-refractivity contribution is 5.87. The molecule has 1 amide bonds. The van der Waals surface area contributed by atoms with Gasteiger partial charge < -0.3 is 33.9 Å². The SMILES string of the molecule is CCN(CC)C(=O)C1CCCN(c2nc(Nc3cc(OC)c(OC)c(OC)c3)c3ncn(Cc4ccc(C(F)(F)F)cc4)c3n2)C1. The van der Waals surface area contributed by atoms with Crippen molar-refractivity contribution in [3.8, 4) is 17.2 Å². The molecule has 4 aromatic rings. The molecule has 1 aliphatic heterocycles. The van der Waals surface area contributed by atoms with E-state index in [0.29, 0.717) is 77.6 Å². The van der Waals surface area contributed by atoms with Crippen LogP contribution in [-0.2, 0) is 17.5 Å². The van der Waals surface area contributed by atoms with E-state index in [2.05, 4.69) is 10.3 Å². The van der Waals surface area contributed by atoms with Crippen LogP contribution in [0.2, 0.25) is 0 Å². The number of piperidine rings is 1. The van der Waals surface area contributed by atoms with Gasteiger partial charge in [-0.2, -0.15) is 23.1 Å². The average molecular weight is 642 g/mol. The molecule has 246 valence electrons. The molecule has 0 spiro atoms. The first kappa shape index (κ1) is 32.6. The van der Waals surface area contributed by atoms with Crippen molar-refractivity contribution in [1.82, 2.24) is 24.4 Å². The summed E-state index contributed by atoms with van der Waals surface area (Å²) in [6.07, 6.45) is -1.27. The number of nitrogens with one attached hydrogen (secondary N) is 1.